The lowest BCUT2D eigenvalue weighted by atomic mass is 10.1. The predicted octanol–water partition coefficient (Wildman–Crippen LogP) is 4.72. The van der Waals surface area contributed by atoms with Gasteiger partial charge in [0, 0.05) is 17.2 Å². The van der Waals surface area contributed by atoms with Gasteiger partial charge in [-0.1, -0.05) is 43.3 Å². The van der Waals surface area contributed by atoms with Gasteiger partial charge in [-0.2, -0.15) is 5.09 Å². The number of hydrogen-bond acceptors (Lipinski definition) is 6. The number of hydrogen-bond donors (Lipinski definition) is 1. The van der Waals surface area contributed by atoms with Gasteiger partial charge in [-0.25, -0.2) is 4.57 Å². The fourth-order valence-corrected chi connectivity index (χ4v) is 4.17. The topological polar surface area (TPSA) is 90.9 Å². The third-order valence-corrected chi connectivity index (χ3v) is 6.28. The van der Waals surface area contributed by atoms with E-state index in [-0.39, 0.29) is 19.0 Å². The predicted molar refractivity (Wildman–Crippen MR) is 117 cm³/mol. The molecule has 1 N–H and O–H groups in total. The number of Topliss-reactive ketones (excluding diaryl/α,β-unsaturated/α-hetero) is 1. The number of carbonyl (C=O) groups excluding carboxylic acids is 2. The molecule has 0 saturated carbocycles. The molecule has 0 amide bonds. The quantitative estimate of drug-likeness (QED) is 0.214. The van der Waals surface area contributed by atoms with Gasteiger partial charge in [0.1, 0.15) is 17.6 Å². The van der Waals surface area contributed by atoms with Gasteiger partial charge in [-0.3, -0.25) is 14.1 Å². The number of ether oxygens (including phenoxy) is 1. The Morgan fingerprint density at radius 1 is 1.13 bits per heavy atom. The van der Waals surface area contributed by atoms with Crippen LogP contribution in [-0.2, 0) is 23.4 Å². The van der Waals surface area contributed by atoms with Crippen molar-refractivity contribution >= 4 is 41.9 Å². The molecular formula is C21H27ClNO6P. The third-order valence-electron chi connectivity index (χ3n) is 4.38. The van der Waals surface area contributed by atoms with Gasteiger partial charge in [0.25, 0.3) is 0 Å². The minimum Gasteiger partial charge on any atom is -0.464 e. The second-order valence-corrected chi connectivity index (χ2v) is 9.01. The SMILES string of the molecule is CC(=O)C(C)COP(=O)(NC(C)C(=O)OCCCCl)Oc1cccc2ccccc12. The summed E-state index contributed by atoms with van der Waals surface area (Å²) in [7, 11) is -4.02. The first-order valence-electron chi connectivity index (χ1n) is 9.68. The molecule has 0 heterocycles. The molecular weight excluding hydrogens is 429 g/mol. The lowest BCUT2D eigenvalue weighted by molar-refractivity contribution is -0.145. The van der Waals surface area contributed by atoms with E-state index in [2.05, 4.69) is 5.09 Å². The Morgan fingerprint density at radius 2 is 1.83 bits per heavy atom. The van der Waals surface area contributed by atoms with E-state index in [0.29, 0.717) is 18.1 Å². The number of ketones is 1. The van der Waals surface area contributed by atoms with Crippen LogP contribution < -0.4 is 9.61 Å². The molecule has 0 aliphatic heterocycles. The Labute approximate surface area is 181 Å². The standard InChI is InChI=1S/C21H27ClNO6P/c1-15(17(3)24)14-28-30(26,23-16(2)21(25)27-13-7-12-22)29-20-11-6-9-18-8-4-5-10-19(18)20/h4-6,8-11,15-16H,7,12-14H2,1-3H3,(H,23,26). The van der Waals surface area contributed by atoms with Crippen LogP contribution in [-0.4, -0.2) is 36.9 Å². The van der Waals surface area contributed by atoms with Crippen LogP contribution in [0.25, 0.3) is 10.8 Å². The van der Waals surface area contributed by atoms with Crippen LogP contribution in [0.1, 0.15) is 27.2 Å². The molecule has 3 unspecified atom stereocenters. The highest BCUT2D eigenvalue weighted by Gasteiger charge is 2.33. The molecule has 2 rings (SSSR count). The Hall–Kier alpha value is -1.92. The molecule has 0 spiro atoms. The summed E-state index contributed by atoms with van der Waals surface area (Å²) in [6.07, 6.45) is 0.511. The maximum Gasteiger partial charge on any atom is 0.459 e. The summed E-state index contributed by atoms with van der Waals surface area (Å²) in [6, 6.07) is 11.8. The van der Waals surface area contributed by atoms with Crippen molar-refractivity contribution in [2.24, 2.45) is 5.92 Å². The molecule has 0 radical (unpaired) electrons. The van der Waals surface area contributed by atoms with Gasteiger partial charge in [0.2, 0.25) is 0 Å². The zero-order valence-electron chi connectivity index (χ0n) is 17.3. The van der Waals surface area contributed by atoms with Crippen LogP contribution in [0.2, 0.25) is 0 Å². The summed E-state index contributed by atoms with van der Waals surface area (Å²) in [4.78, 5) is 23.7. The highest BCUT2D eigenvalue weighted by Crippen LogP contribution is 2.47. The minimum atomic E-state index is -4.02. The molecule has 30 heavy (non-hydrogen) atoms. The second-order valence-electron chi connectivity index (χ2n) is 6.93. The van der Waals surface area contributed by atoms with Crippen molar-refractivity contribution in [1.82, 2.24) is 5.09 Å². The van der Waals surface area contributed by atoms with Gasteiger partial charge in [-0.05, 0) is 31.7 Å². The lowest BCUT2D eigenvalue weighted by Gasteiger charge is -2.24. The maximum absolute atomic E-state index is 13.5. The Morgan fingerprint density at radius 3 is 2.53 bits per heavy atom. The molecule has 2 aromatic rings. The van der Waals surface area contributed by atoms with Gasteiger partial charge in [0.15, 0.2) is 0 Å². The molecule has 164 valence electrons. The first kappa shape index (κ1) is 24.4. The Bertz CT molecular complexity index is 916. The summed E-state index contributed by atoms with van der Waals surface area (Å²) < 4.78 is 29.9. The second kappa shape index (κ2) is 11.5. The molecule has 0 aliphatic carbocycles. The smallest absolute Gasteiger partial charge is 0.459 e. The van der Waals surface area contributed by atoms with Crippen molar-refractivity contribution < 1.29 is 27.9 Å². The first-order chi connectivity index (χ1) is 14.3. The van der Waals surface area contributed by atoms with E-state index in [9.17, 15) is 14.2 Å². The van der Waals surface area contributed by atoms with Crippen LogP contribution in [0, 0.1) is 5.92 Å². The van der Waals surface area contributed by atoms with Crippen LogP contribution in [0.3, 0.4) is 0 Å². The minimum absolute atomic E-state index is 0.111. The number of rotatable bonds is 12. The van der Waals surface area contributed by atoms with Gasteiger partial charge in [0.05, 0.1) is 13.2 Å². The van der Waals surface area contributed by atoms with E-state index in [1.54, 1.807) is 19.1 Å². The molecule has 3 atom stereocenters. The van der Waals surface area contributed by atoms with E-state index >= 15 is 0 Å². The maximum atomic E-state index is 13.5. The first-order valence-corrected chi connectivity index (χ1v) is 11.8. The largest absolute Gasteiger partial charge is 0.464 e. The van der Waals surface area contributed by atoms with Crippen molar-refractivity contribution in [1.29, 1.82) is 0 Å². The van der Waals surface area contributed by atoms with Crippen LogP contribution in [0.15, 0.2) is 42.5 Å². The van der Waals surface area contributed by atoms with Gasteiger partial charge in [-0.15, -0.1) is 11.6 Å². The molecule has 0 saturated heterocycles. The van der Waals surface area contributed by atoms with Crippen LogP contribution in [0.4, 0.5) is 0 Å². The van der Waals surface area contributed by atoms with Gasteiger partial charge < -0.3 is 9.26 Å². The number of benzene rings is 2. The number of carbonyl (C=O) groups is 2. The molecule has 0 bridgehead atoms. The summed E-state index contributed by atoms with van der Waals surface area (Å²) in [5.74, 6) is -0.501. The number of fused-ring (bicyclic) bond motifs is 1. The molecule has 9 heteroatoms. The highest BCUT2D eigenvalue weighted by molar-refractivity contribution is 7.52. The number of halogens is 1. The summed E-state index contributed by atoms with van der Waals surface area (Å²) in [6.45, 7) is 4.62. The van der Waals surface area contributed by atoms with E-state index in [4.69, 9.17) is 25.4 Å². The Kier molecular flexibility index (Phi) is 9.31. The fourth-order valence-electron chi connectivity index (χ4n) is 2.46. The summed E-state index contributed by atoms with van der Waals surface area (Å²) in [5, 5.41) is 4.25. The third kappa shape index (κ3) is 7.10. The highest BCUT2D eigenvalue weighted by atomic mass is 35.5. The van der Waals surface area contributed by atoms with Crippen LogP contribution >= 0.6 is 19.3 Å². The normalized spacial score (nSPS) is 15.2. The molecule has 0 aliphatic rings. The fraction of sp³-hybridized carbons (Fsp3) is 0.429. The zero-order valence-corrected chi connectivity index (χ0v) is 18.9. The molecule has 0 aromatic heterocycles. The van der Waals surface area contributed by atoms with E-state index in [1.165, 1.54) is 13.8 Å². The van der Waals surface area contributed by atoms with Gasteiger partial charge >= 0.3 is 13.7 Å². The van der Waals surface area contributed by atoms with Crippen molar-refractivity contribution in [3.05, 3.63) is 42.5 Å². The summed E-state index contributed by atoms with van der Waals surface area (Å²) >= 11 is 5.59. The molecule has 7 nitrogen and oxygen atoms in total. The average Bonchev–Trinajstić information content (AvgIpc) is 2.72. The lowest BCUT2D eigenvalue weighted by Crippen LogP contribution is -2.35. The number of esters is 1. The van der Waals surface area contributed by atoms with Crippen LogP contribution in [0.5, 0.6) is 5.75 Å². The zero-order chi connectivity index (χ0) is 22.1. The van der Waals surface area contributed by atoms with E-state index in [1.807, 2.05) is 30.3 Å². The molecule has 0 fully saturated rings. The Balaban J connectivity index is 2.23. The number of nitrogens with one attached hydrogen (secondary N) is 1. The van der Waals surface area contributed by atoms with Crippen molar-refractivity contribution in [3.8, 4) is 5.75 Å². The van der Waals surface area contributed by atoms with Crippen molar-refractivity contribution in [2.75, 3.05) is 19.1 Å². The number of alkyl halides is 1. The van der Waals surface area contributed by atoms with E-state index < -0.39 is 25.7 Å². The van der Waals surface area contributed by atoms with E-state index in [0.717, 1.165) is 10.8 Å². The van der Waals surface area contributed by atoms with Crippen molar-refractivity contribution in [3.63, 3.8) is 0 Å². The molecule has 2 aromatic carbocycles. The summed E-state index contributed by atoms with van der Waals surface area (Å²) in [5.41, 5.74) is 0. The monoisotopic (exact) mass is 455 g/mol. The average molecular weight is 456 g/mol. The van der Waals surface area contributed by atoms with Crippen molar-refractivity contribution in [2.45, 2.75) is 33.2 Å².